The molecular formula is C37H42N6. The molecule has 0 aromatic heterocycles. The van der Waals surface area contributed by atoms with Gasteiger partial charge in [0, 0.05) is 34.2 Å². The van der Waals surface area contributed by atoms with Gasteiger partial charge in [-0.25, -0.2) is 4.99 Å². The fourth-order valence-corrected chi connectivity index (χ4v) is 7.08. The van der Waals surface area contributed by atoms with Crippen LogP contribution < -0.4 is 22.1 Å². The first-order valence-electron chi connectivity index (χ1n) is 15.9. The van der Waals surface area contributed by atoms with Crippen LogP contribution in [0.1, 0.15) is 83.6 Å². The highest BCUT2D eigenvalue weighted by atomic mass is 15.2. The monoisotopic (exact) mass is 570 g/mol. The molecule has 2 aromatic rings. The molecule has 220 valence electrons. The molecule has 3 saturated carbocycles. The standard InChI is InChI=1S/C37H42N6/c1-4-25(5-2)23-34(3,42-33(39)30-13-15-35(41-30)16-17-35)14-7-6-8-26-9-11-28-27(22-26)10-12-29(32(28)38)40-31-24-37(31)21-20-36(43-37)18-19-36/h4,9-12,22-23,30,41,43H,1,5,13,15-21,24,38H2,2-3H3,(H2,39,42)/b25-23-,40-31?/t30-,34?,37?/m0/s1. The molecule has 6 heteroatoms. The molecule has 2 unspecified atom stereocenters. The van der Waals surface area contributed by atoms with Crippen molar-refractivity contribution < 1.29 is 0 Å². The van der Waals surface area contributed by atoms with Gasteiger partial charge in [0.15, 0.2) is 0 Å². The normalized spacial score (nSPS) is 28.4. The topological polar surface area (TPSA) is 101 Å². The van der Waals surface area contributed by atoms with Crippen molar-refractivity contribution in [2.45, 2.75) is 106 Å². The number of hydrogen-bond acceptors (Lipinski definition) is 5. The molecule has 2 saturated heterocycles. The molecule has 43 heavy (non-hydrogen) atoms. The van der Waals surface area contributed by atoms with Crippen molar-refractivity contribution in [3.8, 4) is 23.7 Å². The number of nitrogen functional groups attached to an aromatic ring is 1. The second-order valence-electron chi connectivity index (χ2n) is 13.6. The summed E-state index contributed by atoms with van der Waals surface area (Å²) in [5, 5.41) is 9.62. The van der Waals surface area contributed by atoms with Gasteiger partial charge in [0.2, 0.25) is 0 Å². The second kappa shape index (κ2) is 10.1. The molecule has 5 aliphatic rings. The van der Waals surface area contributed by atoms with Crippen LogP contribution in [0.5, 0.6) is 0 Å². The average molecular weight is 571 g/mol. The summed E-state index contributed by atoms with van der Waals surface area (Å²) in [7, 11) is 0. The molecule has 3 atom stereocenters. The lowest BCUT2D eigenvalue weighted by molar-refractivity contribution is 0.541. The van der Waals surface area contributed by atoms with Gasteiger partial charge in [-0.05, 0) is 112 Å². The maximum Gasteiger partial charge on any atom is 0.140 e. The number of nitrogens with two attached hydrogens (primary N) is 2. The van der Waals surface area contributed by atoms with E-state index >= 15 is 0 Å². The molecule has 0 bridgehead atoms. The summed E-state index contributed by atoms with van der Waals surface area (Å²) in [6, 6.07) is 10.3. The summed E-state index contributed by atoms with van der Waals surface area (Å²) in [5.41, 5.74) is 18.0. The first kappa shape index (κ1) is 28.0. The van der Waals surface area contributed by atoms with E-state index in [9.17, 15) is 0 Å². The Kier molecular flexibility index (Phi) is 6.58. The maximum absolute atomic E-state index is 6.61. The lowest BCUT2D eigenvalue weighted by atomic mass is 9.98. The van der Waals surface area contributed by atoms with E-state index < -0.39 is 5.54 Å². The van der Waals surface area contributed by atoms with E-state index in [2.05, 4.69) is 66.0 Å². The number of amidine groups is 1. The van der Waals surface area contributed by atoms with Crippen molar-refractivity contribution in [3.63, 3.8) is 0 Å². The minimum Gasteiger partial charge on any atom is -0.396 e. The van der Waals surface area contributed by atoms with Crippen LogP contribution in [0.4, 0.5) is 11.4 Å². The number of aliphatic imine (C=N–C) groups is 2. The molecule has 5 fully saturated rings. The summed E-state index contributed by atoms with van der Waals surface area (Å²) in [4.78, 5) is 9.91. The van der Waals surface area contributed by atoms with Gasteiger partial charge in [0.1, 0.15) is 11.4 Å². The number of nitrogens with zero attached hydrogens (tertiary/aromatic N) is 2. The number of rotatable bonds is 6. The van der Waals surface area contributed by atoms with E-state index in [0.29, 0.717) is 16.9 Å². The number of nitrogens with one attached hydrogen (secondary N) is 2. The third-order valence-electron chi connectivity index (χ3n) is 10.3. The van der Waals surface area contributed by atoms with Crippen molar-refractivity contribution in [3.05, 3.63) is 60.2 Å². The zero-order valence-corrected chi connectivity index (χ0v) is 25.4. The Morgan fingerprint density at radius 1 is 1.09 bits per heavy atom. The van der Waals surface area contributed by atoms with E-state index in [1.54, 1.807) is 0 Å². The largest absolute Gasteiger partial charge is 0.396 e. The third-order valence-corrected chi connectivity index (χ3v) is 10.3. The molecule has 6 N–H and O–H groups in total. The van der Waals surface area contributed by atoms with E-state index in [1.165, 1.54) is 44.2 Å². The van der Waals surface area contributed by atoms with Gasteiger partial charge < -0.3 is 22.1 Å². The first-order valence-corrected chi connectivity index (χ1v) is 15.9. The van der Waals surface area contributed by atoms with Crippen LogP contribution in [0.15, 0.2) is 64.6 Å². The Labute approximate surface area is 255 Å². The molecule has 2 aromatic carbocycles. The summed E-state index contributed by atoms with van der Waals surface area (Å²) in [6.07, 6.45) is 15.5. The van der Waals surface area contributed by atoms with Crippen LogP contribution in [0.25, 0.3) is 10.8 Å². The van der Waals surface area contributed by atoms with Crippen molar-refractivity contribution >= 4 is 33.7 Å². The van der Waals surface area contributed by atoms with Crippen molar-refractivity contribution in [1.82, 2.24) is 10.6 Å². The molecule has 0 amide bonds. The molecule has 0 radical (unpaired) electrons. The highest BCUT2D eigenvalue weighted by Crippen LogP contribution is 2.55. The van der Waals surface area contributed by atoms with Crippen molar-refractivity contribution in [1.29, 1.82) is 0 Å². The number of anilines is 1. The lowest BCUT2D eigenvalue weighted by Gasteiger charge is -2.20. The second-order valence-corrected chi connectivity index (χ2v) is 13.6. The summed E-state index contributed by atoms with van der Waals surface area (Å²) < 4.78 is 0. The Balaban J connectivity index is 1.10. The zero-order chi connectivity index (χ0) is 29.9. The number of allylic oxidation sites excluding steroid dienone is 2. The summed E-state index contributed by atoms with van der Waals surface area (Å²) >= 11 is 0. The van der Waals surface area contributed by atoms with Crippen molar-refractivity contribution in [2.75, 3.05) is 5.73 Å². The van der Waals surface area contributed by atoms with Gasteiger partial charge in [-0.3, -0.25) is 4.99 Å². The van der Waals surface area contributed by atoms with E-state index in [1.807, 2.05) is 31.2 Å². The number of fused-ring (bicyclic) bond motifs is 1. The van der Waals surface area contributed by atoms with Gasteiger partial charge in [0.05, 0.1) is 23.0 Å². The van der Waals surface area contributed by atoms with E-state index in [0.717, 1.165) is 59.0 Å². The van der Waals surface area contributed by atoms with Crippen LogP contribution in [0, 0.1) is 23.7 Å². The van der Waals surface area contributed by atoms with Gasteiger partial charge in [-0.2, -0.15) is 0 Å². The minimum absolute atomic E-state index is 0.105. The quantitative estimate of drug-likeness (QED) is 0.115. The van der Waals surface area contributed by atoms with Crippen LogP contribution >= 0.6 is 0 Å². The molecule has 7 rings (SSSR count). The van der Waals surface area contributed by atoms with Crippen LogP contribution in [-0.4, -0.2) is 39.7 Å². The van der Waals surface area contributed by atoms with Crippen molar-refractivity contribution in [2.24, 2.45) is 15.7 Å². The Bertz CT molecular complexity index is 1730. The van der Waals surface area contributed by atoms with Gasteiger partial charge >= 0.3 is 0 Å². The molecule has 6 nitrogen and oxygen atoms in total. The Morgan fingerprint density at radius 2 is 1.88 bits per heavy atom. The highest BCUT2D eigenvalue weighted by molar-refractivity contribution is 6.12. The van der Waals surface area contributed by atoms with Crippen LogP contribution in [0.2, 0.25) is 0 Å². The van der Waals surface area contributed by atoms with Gasteiger partial charge in [0.25, 0.3) is 0 Å². The highest BCUT2D eigenvalue weighted by Gasteiger charge is 2.63. The summed E-state index contributed by atoms with van der Waals surface area (Å²) in [5.74, 6) is 13.2. The fraction of sp³-hybridized carbons (Fsp3) is 0.459. The van der Waals surface area contributed by atoms with Crippen LogP contribution in [0.3, 0.4) is 0 Å². The molecule has 2 aliphatic heterocycles. The lowest BCUT2D eigenvalue weighted by Crippen LogP contribution is -2.42. The SMILES string of the molecule is C=C/C(=C/C(C)(C#CC#Cc1ccc2c(N)c(N=C3CC34CCC3(CC3)N4)ccc2c1)N=C(N)[C@@H]1CCC2(CC2)N1)CC. The zero-order valence-electron chi connectivity index (χ0n) is 25.4. The maximum atomic E-state index is 6.61. The van der Waals surface area contributed by atoms with Crippen LogP contribution in [-0.2, 0) is 0 Å². The predicted octanol–water partition coefficient (Wildman–Crippen LogP) is 5.83. The molecule has 3 aliphatic carbocycles. The number of benzene rings is 2. The van der Waals surface area contributed by atoms with Gasteiger partial charge in [-0.1, -0.05) is 43.6 Å². The molecule has 3 spiro atoms. The smallest absolute Gasteiger partial charge is 0.140 e. The first-order chi connectivity index (χ1) is 20.7. The minimum atomic E-state index is -0.789. The summed E-state index contributed by atoms with van der Waals surface area (Å²) in [6.45, 7) is 8.05. The number of hydrogen-bond donors (Lipinski definition) is 4. The molecular weight excluding hydrogens is 528 g/mol. The third kappa shape index (κ3) is 5.51. The molecule has 2 heterocycles. The predicted molar refractivity (Wildman–Crippen MR) is 179 cm³/mol. The average Bonchev–Trinajstić information content (AvgIpc) is 3.93. The Morgan fingerprint density at radius 3 is 2.58 bits per heavy atom. The van der Waals surface area contributed by atoms with E-state index in [4.69, 9.17) is 21.5 Å². The van der Waals surface area contributed by atoms with Gasteiger partial charge in [-0.15, -0.1) is 0 Å². The Hall–Kier alpha value is -3.84. The fourth-order valence-electron chi connectivity index (χ4n) is 7.08. The van der Waals surface area contributed by atoms with E-state index in [-0.39, 0.29) is 11.6 Å².